The number of pyridine rings is 2. The van der Waals surface area contributed by atoms with Crippen LogP contribution in [0.4, 0.5) is 15.9 Å². The summed E-state index contributed by atoms with van der Waals surface area (Å²) in [5.74, 6) is 0.385. The zero-order valence-corrected chi connectivity index (χ0v) is 22.2. The highest BCUT2D eigenvalue weighted by Crippen LogP contribution is 2.27. The molecule has 1 N–H and O–H groups in total. The van der Waals surface area contributed by atoms with Gasteiger partial charge in [-0.25, -0.2) is 24.0 Å². The highest BCUT2D eigenvalue weighted by atomic mass is 19.1. The number of carboxylic acid groups (broad SMARTS) is 1. The second kappa shape index (κ2) is 11.3. The van der Waals surface area contributed by atoms with E-state index in [1.165, 1.54) is 17.7 Å². The van der Waals surface area contributed by atoms with Crippen LogP contribution in [-0.2, 0) is 17.9 Å². The van der Waals surface area contributed by atoms with Crippen LogP contribution in [0, 0.1) is 12.4 Å². The number of benzene rings is 1. The summed E-state index contributed by atoms with van der Waals surface area (Å²) in [7, 11) is 0. The number of hydrogen-bond acceptors (Lipinski definition) is 7. The molecule has 41 heavy (non-hydrogen) atoms. The molecule has 11 heteroatoms. The van der Waals surface area contributed by atoms with Crippen LogP contribution < -0.4 is 9.64 Å². The van der Waals surface area contributed by atoms with Gasteiger partial charge in [-0.3, -0.25) is 0 Å². The third-order valence-electron chi connectivity index (χ3n) is 7.33. The quantitative estimate of drug-likeness (QED) is 0.294. The molecule has 208 valence electrons. The number of rotatable bonds is 8. The monoisotopic (exact) mass is 554 g/mol. The number of carboxylic acids is 1. The van der Waals surface area contributed by atoms with Gasteiger partial charge in [0.25, 0.3) is 0 Å². The second-order valence-corrected chi connectivity index (χ2v) is 10.0. The zero-order valence-electron chi connectivity index (χ0n) is 22.2. The summed E-state index contributed by atoms with van der Waals surface area (Å²) in [5, 5.41) is 9.42. The van der Waals surface area contributed by atoms with Crippen LogP contribution in [0.2, 0.25) is 0 Å². The molecule has 1 unspecified atom stereocenters. The van der Waals surface area contributed by atoms with Gasteiger partial charge < -0.3 is 24.0 Å². The molecule has 6 rings (SSSR count). The number of ether oxygens (including phenoxy) is 2. The third-order valence-corrected chi connectivity index (χ3v) is 7.33. The number of fused-ring (bicyclic) bond motifs is 1. The van der Waals surface area contributed by atoms with Crippen molar-refractivity contribution in [2.24, 2.45) is 0 Å². The number of carbonyl (C=O) groups is 1. The number of piperidine rings is 1. The molecule has 1 aromatic carbocycles. The van der Waals surface area contributed by atoms with Gasteiger partial charge in [0, 0.05) is 31.3 Å². The average Bonchev–Trinajstić information content (AvgIpc) is 3.30. The topological polar surface area (TPSA) is 107 Å². The number of imidazole rings is 1. The Balaban J connectivity index is 1.14. The number of hydrogen-bond donors (Lipinski definition) is 1. The van der Waals surface area contributed by atoms with Crippen LogP contribution in [0.1, 0.15) is 41.1 Å². The van der Waals surface area contributed by atoms with Gasteiger partial charge in [-0.2, -0.15) is 4.98 Å². The number of anilines is 1. The largest absolute Gasteiger partial charge is 0.477 e. The normalized spacial score (nSPS) is 16.7. The summed E-state index contributed by atoms with van der Waals surface area (Å²) in [5.41, 5.74) is 3.04. The van der Waals surface area contributed by atoms with Gasteiger partial charge in [0.2, 0.25) is 5.88 Å². The first-order valence-electron chi connectivity index (χ1n) is 13.4. The van der Waals surface area contributed by atoms with Crippen molar-refractivity contribution in [1.82, 2.24) is 19.5 Å². The van der Waals surface area contributed by atoms with E-state index in [4.69, 9.17) is 21.0 Å². The lowest BCUT2D eigenvalue weighted by Crippen LogP contribution is -2.32. The van der Waals surface area contributed by atoms with Gasteiger partial charge in [-0.05, 0) is 49.6 Å². The highest BCUT2D eigenvalue weighted by molar-refractivity contribution is 5.88. The van der Waals surface area contributed by atoms with E-state index in [0.717, 1.165) is 50.6 Å². The number of halogens is 1. The van der Waals surface area contributed by atoms with Crippen LogP contribution in [0.3, 0.4) is 0 Å². The van der Waals surface area contributed by atoms with E-state index < -0.39 is 11.8 Å². The lowest BCUT2D eigenvalue weighted by molar-refractivity contribution is -0.0588. The Bertz CT molecular complexity index is 1680. The van der Waals surface area contributed by atoms with E-state index >= 15 is 0 Å². The standard InChI is InChI=1S/C30H27FN6O4/c1-32-21-6-5-20(23(31)16-21)18-41-28-4-2-3-26(35-28)36-12-9-19(10-13-36)15-27-33-24-7-8-25(30(38)39)34-29(24)37(27)17-22-11-14-40-22/h2-8,15-16,22H,9-14,17-18H2,(H,38,39). The summed E-state index contributed by atoms with van der Waals surface area (Å²) in [6.45, 7) is 9.82. The van der Waals surface area contributed by atoms with Gasteiger partial charge in [0.15, 0.2) is 17.0 Å². The van der Waals surface area contributed by atoms with Crippen LogP contribution in [0.25, 0.3) is 22.1 Å². The Morgan fingerprint density at radius 3 is 2.71 bits per heavy atom. The minimum absolute atomic E-state index is 0.0115. The van der Waals surface area contributed by atoms with Crippen molar-refractivity contribution in [2.75, 3.05) is 24.6 Å². The van der Waals surface area contributed by atoms with Crippen LogP contribution in [0.5, 0.6) is 5.88 Å². The van der Waals surface area contributed by atoms with Gasteiger partial charge in [-0.15, -0.1) is 0 Å². The molecule has 2 aliphatic heterocycles. The molecule has 0 amide bonds. The van der Waals surface area contributed by atoms with Crippen molar-refractivity contribution >= 4 is 34.7 Å². The van der Waals surface area contributed by atoms with Crippen LogP contribution in [0.15, 0.2) is 54.1 Å². The number of aromatic carboxylic acids is 1. The Hall–Kier alpha value is -4.82. The van der Waals surface area contributed by atoms with E-state index in [-0.39, 0.29) is 24.1 Å². The minimum atomic E-state index is -1.07. The maximum atomic E-state index is 14.2. The molecule has 2 aliphatic rings. The molecule has 10 nitrogen and oxygen atoms in total. The van der Waals surface area contributed by atoms with E-state index in [2.05, 4.69) is 25.8 Å². The maximum Gasteiger partial charge on any atom is 0.354 e. The molecule has 0 saturated carbocycles. The Labute approximate surface area is 235 Å². The summed E-state index contributed by atoms with van der Waals surface area (Å²) in [6, 6.07) is 13.0. The molecule has 0 aliphatic carbocycles. The fourth-order valence-electron chi connectivity index (χ4n) is 4.95. The lowest BCUT2D eigenvalue weighted by Gasteiger charge is -2.30. The third kappa shape index (κ3) is 5.73. The predicted molar refractivity (Wildman–Crippen MR) is 149 cm³/mol. The summed E-state index contributed by atoms with van der Waals surface area (Å²) >= 11 is 0. The van der Waals surface area contributed by atoms with Crippen molar-refractivity contribution < 1.29 is 23.8 Å². The average molecular weight is 555 g/mol. The van der Waals surface area contributed by atoms with E-state index in [9.17, 15) is 14.3 Å². The van der Waals surface area contributed by atoms with Crippen molar-refractivity contribution in [3.8, 4) is 5.88 Å². The zero-order chi connectivity index (χ0) is 28.3. The molecular weight excluding hydrogens is 527 g/mol. The van der Waals surface area contributed by atoms with Crippen molar-refractivity contribution in [1.29, 1.82) is 0 Å². The molecule has 0 bridgehead atoms. The molecule has 5 heterocycles. The Morgan fingerprint density at radius 1 is 1.17 bits per heavy atom. The van der Waals surface area contributed by atoms with Crippen molar-refractivity contribution in [3.05, 3.63) is 88.4 Å². The molecule has 3 aromatic heterocycles. The van der Waals surface area contributed by atoms with Gasteiger partial charge in [0.1, 0.15) is 29.6 Å². The highest BCUT2D eigenvalue weighted by Gasteiger charge is 2.23. The van der Waals surface area contributed by atoms with Crippen molar-refractivity contribution in [3.63, 3.8) is 0 Å². The Morgan fingerprint density at radius 2 is 2.00 bits per heavy atom. The first-order valence-corrected chi connectivity index (χ1v) is 13.4. The molecule has 0 radical (unpaired) electrons. The summed E-state index contributed by atoms with van der Waals surface area (Å²) in [6.07, 6.45) is 4.71. The molecule has 0 spiro atoms. The van der Waals surface area contributed by atoms with Gasteiger partial charge >= 0.3 is 5.97 Å². The fraction of sp³-hybridized carbons (Fsp3) is 0.300. The minimum Gasteiger partial charge on any atom is -0.477 e. The second-order valence-electron chi connectivity index (χ2n) is 10.0. The van der Waals surface area contributed by atoms with Gasteiger partial charge in [-0.1, -0.05) is 23.8 Å². The van der Waals surface area contributed by atoms with Gasteiger partial charge in [0.05, 0.1) is 19.2 Å². The SMILES string of the molecule is [C-]#[N+]c1ccc(COc2cccc(N3CCC(=Cc4nc5ccc(C(=O)O)nc5n4CC4CCO4)CC3)n2)c(F)c1. The van der Waals surface area contributed by atoms with E-state index in [1.807, 2.05) is 16.7 Å². The van der Waals surface area contributed by atoms with Crippen molar-refractivity contribution in [2.45, 2.75) is 38.5 Å². The maximum absolute atomic E-state index is 14.2. The van der Waals surface area contributed by atoms with E-state index in [0.29, 0.717) is 29.2 Å². The summed E-state index contributed by atoms with van der Waals surface area (Å²) < 4.78 is 27.6. The molecule has 1 atom stereocenters. The number of aromatic nitrogens is 4. The molecule has 2 fully saturated rings. The Kier molecular flexibility index (Phi) is 7.31. The fourth-order valence-corrected chi connectivity index (χ4v) is 4.95. The van der Waals surface area contributed by atoms with Crippen LogP contribution in [-0.4, -0.2) is 56.4 Å². The molecular formula is C30H27FN6O4. The lowest BCUT2D eigenvalue weighted by atomic mass is 10.0. The number of nitrogens with zero attached hydrogens (tertiary/aromatic N) is 6. The van der Waals surface area contributed by atoms with Crippen LogP contribution >= 0.6 is 0 Å². The smallest absolute Gasteiger partial charge is 0.354 e. The van der Waals surface area contributed by atoms with E-state index in [1.54, 1.807) is 24.3 Å². The first-order chi connectivity index (χ1) is 20.0. The summed E-state index contributed by atoms with van der Waals surface area (Å²) in [4.78, 5) is 30.7. The first kappa shape index (κ1) is 26.4. The molecule has 4 aromatic rings. The predicted octanol–water partition coefficient (Wildman–Crippen LogP) is 5.27. The molecule has 2 saturated heterocycles.